The summed E-state index contributed by atoms with van der Waals surface area (Å²) < 4.78 is 3.08. The van der Waals surface area contributed by atoms with Gasteiger partial charge in [0.25, 0.3) is 0 Å². The molecule has 4 fully saturated rings. The summed E-state index contributed by atoms with van der Waals surface area (Å²) in [5.41, 5.74) is 0. The lowest BCUT2D eigenvalue weighted by molar-refractivity contribution is 0.161. The second-order valence-corrected chi connectivity index (χ2v) is 15.2. The van der Waals surface area contributed by atoms with E-state index >= 15 is 0 Å². The van der Waals surface area contributed by atoms with E-state index in [2.05, 4.69) is 46.6 Å². The van der Waals surface area contributed by atoms with Gasteiger partial charge >= 0.3 is 0 Å². The molecule has 1 radical (unpaired) electrons. The van der Waals surface area contributed by atoms with Crippen molar-refractivity contribution in [3.05, 3.63) is 6.42 Å². The van der Waals surface area contributed by atoms with E-state index in [1.807, 2.05) is 0 Å². The van der Waals surface area contributed by atoms with Crippen molar-refractivity contribution in [1.82, 2.24) is 4.57 Å². The number of halogens is 1. The quantitative estimate of drug-likeness (QED) is 0.460. The standard InChI is InChI=1S/C18H31BrNSi/c1-21(2,3)20-16-9-8-13(19)11-15(16)18-14-7-5-4-6-12(14)10-17(18)20/h10,12-18H,4-9,11H2,1-3H3. The molecular formula is C18H31BrNSi. The van der Waals surface area contributed by atoms with Gasteiger partial charge in [0.05, 0.1) is 0 Å². The van der Waals surface area contributed by atoms with Gasteiger partial charge in [-0.3, -0.25) is 0 Å². The van der Waals surface area contributed by atoms with Crippen LogP contribution in [0, 0.1) is 30.1 Å². The highest BCUT2D eigenvalue weighted by molar-refractivity contribution is 9.09. The summed E-state index contributed by atoms with van der Waals surface area (Å²) in [5, 5.41) is 0. The first-order chi connectivity index (χ1) is 9.97. The maximum Gasteiger partial charge on any atom is 0.119 e. The van der Waals surface area contributed by atoms with Gasteiger partial charge in [-0.05, 0) is 62.2 Å². The van der Waals surface area contributed by atoms with Crippen LogP contribution < -0.4 is 0 Å². The zero-order valence-electron chi connectivity index (χ0n) is 13.9. The van der Waals surface area contributed by atoms with Crippen LogP contribution in [0.2, 0.25) is 19.6 Å². The van der Waals surface area contributed by atoms with Crippen molar-refractivity contribution in [1.29, 1.82) is 0 Å². The predicted molar refractivity (Wildman–Crippen MR) is 96.1 cm³/mol. The summed E-state index contributed by atoms with van der Waals surface area (Å²) in [4.78, 5) is 0.795. The smallest absolute Gasteiger partial charge is 0.119 e. The molecule has 1 saturated heterocycles. The van der Waals surface area contributed by atoms with Gasteiger partial charge in [0.2, 0.25) is 0 Å². The van der Waals surface area contributed by atoms with Gasteiger partial charge in [-0.2, -0.15) is 0 Å². The van der Waals surface area contributed by atoms with Crippen LogP contribution in [0.1, 0.15) is 44.9 Å². The van der Waals surface area contributed by atoms with Crippen molar-refractivity contribution in [3.8, 4) is 0 Å². The molecule has 0 aromatic carbocycles. The van der Waals surface area contributed by atoms with Crippen molar-refractivity contribution in [2.75, 3.05) is 0 Å². The minimum Gasteiger partial charge on any atom is -0.318 e. The number of fused-ring (bicyclic) bond motifs is 5. The van der Waals surface area contributed by atoms with Gasteiger partial charge in [0.1, 0.15) is 8.24 Å². The van der Waals surface area contributed by atoms with Crippen molar-refractivity contribution >= 4 is 24.2 Å². The summed E-state index contributed by atoms with van der Waals surface area (Å²) in [6.45, 7) is 7.76. The van der Waals surface area contributed by atoms with Gasteiger partial charge in [-0.15, -0.1) is 0 Å². The molecule has 21 heavy (non-hydrogen) atoms. The second-order valence-electron chi connectivity index (χ2n) is 9.09. The molecule has 1 heterocycles. The molecule has 1 nitrogen and oxygen atoms in total. The Labute approximate surface area is 140 Å². The zero-order chi connectivity index (χ0) is 14.8. The monoisotopic (exact) mass is 368 g/mol. The molecule has 4 aliphatic rings. The van der Waals surface area contributed by atoms with Gasteiger partial charge in [0, 0.05) is 16.9 Å². The zero-order valence-corrected chi connectivity index (χ0v) is 16.5. The molecule has 0 bridgehead atoms. The number of hydrogen-bond donors (Lipinski definition) is 0. The van der Waals surface area contributed by atoms with Gasteiger partial charge in [-0.1, -0.05) is 48.4 Å². The first-order valence-corrected chi connectivity index (χ1v) is 13.6. The molecule has 3 aliphatic carbocycles. The van der Waals surface area contributed by atoms with Crippen LogP contribution in [0.3, 0.4) is 0 Å². The third-order valence-electron chi connectivity index (χ3n) is 6.95. The van der Waals surface area contributed by atoms with E-state index in [1.54, 1.807) is 0 Å². The van der Waals surface area contributed by atoms with Crippen molar-refractivity contribution < 1.29 is 0 Å². The lowest BCUT2D eigenvalue weighted by Gasteiger charge is -2.44. The summed E-state index contributed by atoms with van der Waals surface area (Å²) in [7, 11) is -1.22. The highest BCUT2D eigenvalue weighted by Crippen LogP contribution is 2.59. The number of nitrogens with zero attached hydrogens (tertiary/aromatic N) is 1. The van der Waals surface area contributed by atoms with Crippen molar-refractivity contribution in [2.45, 2.75) is 81.5 Å². The second kappa shape index (κ2) is 5.34. The average Bonchev–Trinajstić information content (AvgIpc) is 2.91. The minimum absolute atomic E-state index is 0.795. The van der Waals surface area contributed by atoms with E-state index in [0.717, 1.165) is 40.6 Å². The summed E-state index contributed by atoms with van der Waals surface area (Å²) in [6, 6.07) is 1.76. The summed E-state index contributed by atoms with van der Waals surface area (Å²) in [6.07, 6.45) is 13.1. The molecule has 3 heteroatoms. The maximum atomic E-state index is 3.96. The predicted octanol–water partition coefficient (Wildman–Crippen LogP) is 5.08. The molecule has 0 amide bonds. The fraction of sp³-hybridized carbons (Fsp3) is 0.944. The topological polar surface area (TPSA) is 3.24 Å². The molecule has 0 N–H and O–H groups in total. The van der Waals surface area contributed by atoms with Gasteiger partial charge < -0.3 is 4.57 Å². The normalized spacial score (nSPS) is 50.6. The third kappa shape index (κ3) is 2.41. The van der Waals surface area contributed by atoms with Crippen LogP contribution in [0.4, 0.5) is 0 Å². The molecule has 119 valence electrons. The Morgan fingerprint density at radius 1 is 1.00 bits per heavy atom. The van der Waals surface area contributed by atoms with Crippen LogP contribution in [0.5, 0.6) is 0 Å². The van der Waals surface area contributed by atoms with Crippen LogP contribution in [0.15, 0.2) is 0 Å². The fourth-order valence-electron chi connectivity index (χ4n) is 6.45. The van der Waals surface area contributed by atoms with E-state index in [9.17, 15) is 0 Å². The Morgan fingerprint density at radius 2 is 1.76 bits per heavy atom. The maximum absolute atomic E-state index is 3.96. The van der Waals surface area contributed by atoms with E-state index in [4.69, 9.17) is 0 Å². The van der Waals surface area contributed by atoms with Gasteiger partial charge in [-0.25, -0.2) is 0 Å². The van der Waals surface area contributed by atoms with Crippen LogP contribution in [0.25, 0.3) is 0 Å². The Morgan fingerprint density at radius 3 is 2.52 bits per heavy atom. The SMILES string of the molecule is C[Si](C)(C)N1C2[CH]C3CCCCC3C2C2CC(Br)CCC21. The molecule has 0 spiro atoms. The summed E-state index contributed by atoms with van der Waals surface area (Å²) in [5.74, 6) is 4.00. The highest BCUT2D eigenvalue weighted by Gasteiger charge is 2.60. The van der Waals surface area contributed by atoms with Crippen molar-refractivity contribution in [3.63, 3.8) is 0 Å². The average molecular weight is 369 g/mol. The first-order valence-electron chi connectivity index (χ1n) is 9.24. The number of alkyl halides is 1. The Hall–Kier alpha value is 0.657. The molecule has 3 saturated carbocycles. The van der Waals surface area contributed by atoms with E-state index in [-0.39, 0.29) is 0 Å². The number of hydrogen-bond acceptors (Lipinski definition) is 1. The Balaban J connectivity index is 1.68. The van der Waals surface area contributed by atoms with Gasteiger partial charge in [0.15, 0.2) is 0 Å². The molecule has 0 aromatic heterocycles. The molecule has 1 aliphatic heterocycles. The molecular weight excluding hydrogens is 338 g/mol. The molecule has 0 aromatic rings. The van der Waals surface area contributed by atoms with Crippen LogP contribution >= 0.6 is 15.9 Å². The first kappa shape index (κ1) is 15.2. The lowest BCUT2D eigenvalue weighted by Crippen LogP contribution is -2.54. The third-order valence-corrected chi connectivity index (χ3v) is 9.96. The van der Waals surface area contributed by atoms with E-state index in [0.29, 0.717) is 0 Å². The van der Waals surface area contributed by atoms with Crippen LogP contribution in [-0.2, 0) is 0 Å². The van der Waals surface area contributed by atoms with E-state index < -0.39 is 8.24 Å². The largest absolute Gasteiger partial charge is 0.318 e. The molecule has 4 rings (SSSR count). The number of rotatable bonds is 1. The molecule has 7 atom stereocenters. The van der Waals surface area contributed by atoms with Crippen LogP contribution in [-0.4, -0.2) is 29.7 Å². The Kier molecular flexibility index (Phi) is 3.87. The van der Waals surface area contributed by atoms with Crippen molar-refractivity contribution in [2.24, 2.45) is 23.7 Å². The Bertz CT molecular complexity index is 407. The molecule has 7 unspecified atom stereocenters. The fourth-order valence-corrected chi connectivity index (χ4v) is 9.61. The summed E-state index contributed by atoms with van der Waals surface area (Å²) >= 11 is 3.96. The lowest BCUT2D eigenvalue weighted by atomic mass is 9.70. The highest BCUT2D eigenvalue weighted by atomic mass is 79.9. The minimum atomic E-state index is -1.22. The van der Waals surface area contributed by atoms with E-state index in [1.165, 1.54) is 44.9 Å².